The number of nitro groups is 1. The van der Waals surface area contributed by atoms with Crippen LogP contribution in [0, 0.1) is 10.1 Å². The summed E-state index contributed by atoms with van der Waals surface area (Å²) in [4.78, 5) is 55.5. The number of ether oxygens (including phenoxy) is 1. The highest BCUT2D eigenvalue weighted by atomic mass is 16.6. The van der Waals surface area contributed by atoms with Gasteiger partial charge in [0, 0.05) is 12.1 Å². The van der Waals surface area contributed by atoms with Crippen LogP contribution in [0.4, 0.5) is 11.5 Å². The Bertz CT molecular complexity index is 1040. The van der Waals surface area contributed by atoms with E-state index in [2.05, 4.69) is 15.3 Å². The van der Waals surface area contributed by atoms with Crippen molar-refractivity contribution in [2.45, 2.75) is 25.8 Å². The molecule has 0 aliphatic carbocycles. The third-order valence-corrected chi connectivity index (χ3v) is 4.67. The monoisotopic (exact) mass is 428 g/mol. The highest BCUT2D eigenvalue weighted by molar-refractivity contribution is 5.94. The molecule has 1 fully saturated rings. The van der Waals surface area contributed by atoms with Gasteiger partial charge in [0.15, 0.2) is 5.78 Å². The summed E-state index contributed by atoms with van der Waals surface area (Å²) < 4.78 is 5.60. The Labute approximate surface area is 176 Å². The molecule has 162 valence electrons. The lowest BCUT2D eigenvalue weighted by molar-refractivity contribution is -0.385. The Morgan fingerprint density at radius 1 is 1.35 bits per heavy atom. The van der Waals surface area contributed by atoms with Crippen molar-refractivity contribution in [2.24, 2.45) is 5.73 Å². The Morgan fingerprint density at radius 2 is 2.13 bits per heavy atom. The van der Waals surface area contributed by atoms with Gasteiger partial charge in [0.1, 0.15) is 18.1 Å². The zero-order valence-corrected chi connectivity index (χ0v) is 16.6. The summed E-state index contributed by atoms with van der Waals surface area (Å²) >= 11 is 0. The molecule has 12 nitrogen and oxygen atoms in total. The van der Waals surface area contributed by atoms with Gasteiger partial charge in [0.2, 0.25) is 17.6 Å². The number of rotatable bonds is 8. The summed E-state index contributed by atoms with van der Waals surface area (Å²) in [6.45, 7) is 1.39. The molecular weight excluding hydrogens is 408 g/mol. The van der Waals surface area contributed by atoms with Crippen LogP contribution in [0.3, 0.4) is 0 Å². The Balaban J connectivity index is 1.94. The molecule has 2 aromatic rings. The van der Waals surface area contributed by atoms with Gasteiger partial charge in [-0.3, -0.25) is 24.5 Å². The van der Waals surface area contributed by atoms with E-state index in [0.717, 1.165) is 6.33 Å². The van der Waals surface area contributed by atoms with Gasteiger partial charge in [0.05, 0.1) is 11.5 Å². The van der Waals surface area contributed by atoms with Crippen molar-refractivity contribution in [3.63, 3.8) is 0 Å². The standard InChI is InChI=1S/C19H20N6O6/c1-11(26)12-4-2-5-13(8-12)31-19-16(25(29)30)17(22-10-23-19)24-7-3-6-14(24)18(28)21-9-15(20)27/h2,4-5,8,10,14H,3,6-7,9H2,1H3,(H2,20,27)(H,21,28). The van der Waals surface area contributed by atoms with Crippen LogP contribution in [-0.4, -0.2) is 51.6 Å². The van der Waals surface area contributed by atoms with Crippen molar-refractivity contribution in [1.82, 2.24) is 15.3 Å². The number of carbonyl (C=O) groups excluding carboxylic acids is 3. The minimum Gasteiger partial charge on any atom is -0.434 e. The van der Waals surface area contributed by atoms with Crippen molar-refractivity contribution < 1.29 is 24.0 Å². The summed E-state index contributed by atoms with van der Waals surface area (Å²) in [7, 11) is 0. The van der Waals surface area contributed by atoms with Crippen molar-refractivity contribution >= 4 is 29.1 Å². The van der Waals surface area contributed by atoms with E-state index in [4.69, 9.17) is 10.5 Å². The minimum absolute atomic E-state index is 0.0746. The molecule has 0 radical (unpaired) electrons. The maximum Gasteiger partial charge on any atom is 0.373 e. The van der Waals surface area contributed by atoms with Crippen molar-refractivity contribution in [3.8, 4) is 11.6 Å². The second-order valence-electron chi connectivity index (χ2n) is 6.83. The number of Topliss-reactive ketones (excluding diaryl/α,β-unsaturated/α-hetero) is 1. The van der Waals surface area contributed by atoms with E-state index in [1.54, 1.807) is 12.1 Å². The number of ketones is 1. The van der Waals surface area contributed by atoms with Crippen LogP contribution in [0.25, 0.3) is 0 Å². The Morgan fingerprint density at radius 3 is 2.81 bits per heavy atom. The zero-order valence-electron chi connectivity index (χ0n) is 16.6. The number of nitrogens with two attached hydrogens (primary N) is 1. The van der Waals surface area contributed by atoms with Crippen LogP contribution in [0.2, 0.25) is 0 Å². The first-order valence-electron chi connectivity index (χ1n) is 9.39. The molecule has 12 heteroatoms. The number of primary amides is 1. The molecule has 1 aromatic carbocycles. The number of hydrogen-bond donors (Lipinski definition) is 2. The normalized spacial score (nSPS) is 15.4. The Kier molecular flexibility index (Phi) is 6.38. The van der Waals surface area contributed by atoms with E-state index in [0.29, 0.717) is 24.9 Å². The highest BCUT2D eigenvalue weighted by Gasteiger charge is 2.38. The SMILES string of the molecule is CC(=O)c1cccc(Oc2ncnc(N3CCCC3C(=O)NCC(N)=O)c2[N+](=O)[O-])c1. The number of amides is 2. The average molecular weight is 428 g/mol. The van der Waals surface area contributed by atoms with Gasteiger partial charge in [-0.05, 0) is 31.9 Å². The lowest BCUT2D eigenvalue weighted by Gasteiger charge is -2.24. The summed E-state index contributed by atoms with van der Waals surface area (Å²) in [6, 6.07) is 5.40. The number of carbonyl (C=O) groups is 3. The average Bonchev–Trinajstić information content (AvgIpc) is 3.21. The van der Waals surface area contributed by atoms with Gasteiger partial charge in [-0.1, -0.05) is 12.1 Å². The molecule has 0 spiro atoms. The van der Waals surface area contributed by atoms with E-state index in [-0.39, 0.29) is 29.8 Å². The van der Waals surface area contributed by atoms with Crippen LogP contribution >= 0.6 is 0 Å². The molecule has 3 rings (SSSR count). The number of aromatic nitrogens is 2. The van der Waals surface area contributed by atoms with Crippen molar-refractivity contribution in [2.75, 3.05) is 18.0 Å². The first-order chi connectivity index (χ1) is 14.8. The smallest absolute Gasteiger partial charge is 0.373 e. The Hall–Kier alpha value is -4.09. The molecule has 2 amide bonds. The molecule has 31 heavy (non-hydrogen) atoms. The summed E-state index contributed by atoms with van der Waals surface area (Å²) in [5.41, 5.74) is 4.92. The van der Waals surface area contributed by atoms with Crippen molar-refractivity contribution in [3.05, 3.63) is 46.3 Å². The number of nitrogens with one attached hydrogen (secondary N) is 1. The number of hydrogen-bond acceptors (Lipinski definition) is 9. The van der Waals surface area contributed by atoms with Gasteiger partial charge >= 0.3 is 11.6 Å². The van der Waals surface area contributed by atoms with Gasteiger partial charge in [-0.25, -0.2) is 4.98 Å². The van der Waals surface area contributed by atoms with E-state index in [9.17, 15) is 24.5 Å². The molecule has 1 atom stereocenters. The third kappa shape index (κ3) is 4.91. The number of anilines is 1. The second kappa shape index (κ2) is 9.15. The highest BCUT2D eigenvalue weighted by Crippen LogP contribution is 2.38. The van der Waals surface area contributed by atoms with Gasteiger partial charge in [-0.15, -0.1) is 0 Å². The van der Waals surface area contributed by atoms with E-state index >= 15 is 0 Å². The molecule has 1 unspecified atom stereocenters. The minimum atomic E-state index is -0.762. The lowest BCUT2D eigenvalue weighted by atomic mass is 10.1. The van der Waals surface area contributed by atoms with Crippen LogP contribution in [0.5, 0.6) is 11.6 Å². The second-order valence-corrected chi connectivity index (χ2v) is 6.83. The van der Waals surface area contributed by atoms with E-state index in [1.165, 1.54) is 24.0 Å². The summed E-state index contributed by atoms with van der Waals surface area (Å²) in [5, 5.41) is 14.3. The fourth-order valence-electron chi connectivity index (χ4n) is 3.27. The summed E-state index contributed by atoms with van der Waals surface area (Å²) in [6.07, 6.45) is 2.11. The topological polar surface area (TPSA) is 171 Å². The molecule has 0 saturated carbocycles. The maximum absolute atomic E-state index is 12.5. The molecule has 1 aliphatic heterocycles. The number of nitrogens with zero attached hydrogens (tertiary/aromatic N) is 4. The fourth-order valence-corrected chi connectivity index (χ4v) is 3.27. The molecule has 1 saturated heterocycles. The largest absolute Gasteiger partial charge is 0.434 e. The van der Waals surface area contributed by atoms with Crippen molar-refractivity contribution in [1.29, 1.82) is 0 Å². The predicted octanol–water partition coefficient (Wildman–Crippen LogP) is 0.950. The van der Waals surface area contributed by atoms with Gasteiger partial charge in [0.25, 0.3) is 0 Å². The third-order valence-electron chi connectivity index (χ3n) is 4.67. The number of benzene rings is 1. The fraction of sp³-hybridized carbons (Fsp3) is 0.316. The van der Waals surface area contributed by atoms with Crippen LogP contribution in [-0.2, 0) is 9.59 Å². The molecule has 1 aliphatic rings. The summed E-state index contributed by atoms with van der Waals surface area (Å²) in [5.74, 6) is -1.58. The molecule has 2 heterocycles. The zero-order chi connectivity index (χ0) is 22.5. The molecule has 1 aromatic heterocycles. The first-order valence-corrected chi connectivity index (χ1v) is 9.39. The maximum atomic E-state index is 12.5. The molecule has 0 bridgehead atoms. The van der Waals surface area contributed by atoms with Gasteiger partial charge in [-0.2, -0.15) is 4.98 Å². The predicted molar refractivity (Wildman–Crippen MR) is 108 cm³/mol. The van der Waals surface area contributed by atoms with E-state index < -0.39 is 28.5 Å². The molecular formula is C19H20N6O6. The van der Waals surface area contributed by atoms with Crippen LogP contribution in [0.1, 0.15) is 30.1 Å². The van der Waals surface area contributed by atoms with Crippen LogP contribution in [0.15, 0.2) is 30.6 Å². The first kappa shape index (κ1) is 21.6. The van der Waals surface area contributed by atoms with Gasteiger partial charge < -0.3 is 20.7 Å². The van der Waals surface area contributed by atoms with Crippen LogP contribution < -0.4 is 20.7 Å². The van der Waals surface area contributed by atoms with E-state index in [1.807, 2.05) is 0 Å². The quantitative estimate of drug-likeness (QED) is 0.353. The molecule has 3 N–H and O–H groups in total. The lowest BCUT2D eigenvalue weighted by Crippen LogP contribution is -2.46.